The summed E-state index contributed by atoms with van der Waals surface area (Å²) in [4.78, 5) is 0. The molecule has 1 rings (SSSR count). The van der Waals surface area contributed by atoms with Crippen LogP contribution in [-0.2, 0) is 6.42 Å². The summed E-state index contributed by atoms with van der Waals surface area (Å²) in [6.07, 6.45) is 7.65. The molecule has 1 heteroatoms. The van der Waals surface area contributed by atoms with Crippen LogP contribution in [0.2, 0.25) is 0 Å². The third-order valence-electron chi connectivity index (χ3n) is 3.21. The number of unbranched alkanes of at least 4 members (excludes halogenated alkanes) is 3. The van der Waals surface area contributed by atoms with Gasteiger partial charge in [-0.3, -0.25) is 0 Å². The van der Waals surface area contributed by atoms with Crippen LogP contribution >= 0.6 is 0 Å². The van der Waals surface area contributed by atoms with Gasteiger partial charge in [0.25, 0.3) is 0 Å². The summed E-state index contributed by atoms with van der Waals surface area (Å²) in [5, 5.41) is 0. The number of hydrogen-bond donors (Lipinski definition) is 0. The first-order chi connectivity index (χ1) is 8.72. The molecular weight excluding hydrogens is 220 g/mol. The molecule has 1 aromatic rings. The van der Waals surface area contributed by atoms with Gasteiger partial charge in [-0.1, -0.05) is 52.2 Å². The Labute approximate surface area is 113 Å². The summed E-state index contributed by atoms with van der Waals surface area (Å²) >= 11 is 0. The Morgan fingerprint density at radius 3 is 2.33 bits per heavy atom. The molecule has 0 spiro atoms. The van der Waals surface area contributed by atoms with Crippen molar-refractivity contribution >= 4 is 0 Å². The molecule has 0 aromatic heterocycles. The molecule has 0 heterocycles. The number of benzene rings is 1. The lowest BCUT2D eigenvalue weighted by molar-refractivity contribution is 0.289. The molecule has 0 amide bonds. The highest BCUT2D eigenvalue weighted by Crippen LogP contribution is 2.15. The SMILES string of the molecule is CCCCCCc1ccc(OCCC(C)C)cc1. The summed E-state index contributed by atoms with van der Waals surface area (Å²) in [5.74, 6) is 1.72. The topological polar surface area (TPSA) is 9.23 Å². The van der Waals surface area contributed by atoms with Crippen LogP contribution in [0, 0.1) is 5.92 Å². The molecule has 0 N–H and O–H groups in total. The standard InChI is InChI=1S/C17H28O/c1-4-5-6-7-8-16-9-11-17(12-10-16)18-14-13-15(2)3/h9-12,15H,4-8,13-14H2,1-3H3. The van der Waals surface area contributed by atoms with E-state index in [9.17, 15) is 0 Å². The molecule has 0 saturated carbocycles. The van der Waals surface area contributed by atoms with E-state index in [2.05, 4.69) is 45.0 Å². The van der Waals surface area contributed by atoms with E-state index in [1.54, 1.807) is 0 Å². The van der Waals surface area contributed by atoms with Crippen molar-refractivity contribution in [2.75, 3.05) is 6.61 Å². The summed E-state index contributed by atoms with van der Waals surface area (Å²) < 4.78 is 5.71. The Bertz CT molecular complexity index is 300. The van der Waals surface area contributed by atoms with Crippen molar-refractivity contribution in [2.24, 2.45) is 5.92 Å². The van der Waals surface area contributed by atoms with Gasteiger partial charge in [-0.05, 0) is 42.9 Å². The minimum Gasteiger partial charge on any atom is -0.494 e. The Hall–Kier alpha value is -0.980. The van der Waals surface area contributed by atoms with Gasteiger partial charge >= 0.3 is 0 Å². The highest BCUT2D eigenvalue weighted by Gasteiger charge is 1.98. The van der Waals surface area contributed by atoms with E-state index >= 15 is 0 Å². The molecule has 18 heavy (non-hydrogen) atoms. The van der Waals surface area contributed by atoms with Crippen LogP contribution in [0.25, 0.3) is 0 Å². The van der Waals surface area contributed by atoms with Gasteiger partial charge in [0.1, 0.15) is 5.75 Å². The minimum absolute atomic E-state index is 0.711. The van der Waals surface area contributed by atoms with E-state index in [1.807, 2.05) is 0 Å². The van der Waals surface area contributed by atoms with Gasteiger partial charge in [-0.2, -0.15) is 0 Å². The highest BCUT2D eigenvalue weighted by molar-refractivity contribution is 5.27. The molecule has 0 saturated heterocycles. The third kappa shape index (κ3) is 6.68. The average Bonchev–Trinajstić information content (AvgIpc) is 2.36. The molecule has 0 fully saturated rings. The first-order valence-corrected chi connectivity index (χ1v) is 7.44. The van der Waals surface area contributed by atoms with Crippen molar-refractivity contribution in [1.82, 2.24) is 0 Å². The average molecular weight is 248 g/mol. The molecule has 0 unspecified atom stereocenters. The second-order valence-electron chi connectivity index (χ2n) is 5.49. The molecule has 102 valence electrons. The number of hydrogen-bond acceptors (Lipinski definition) is 1. The van der Waals surface area contributed by atoms with E-state index in [0.717, 1.165) is 18.8 Å². The molecule has 1 aromatic carbocycles. The lowest BCUT2D eigenvalue weighted by atomic mass is 10.1. The fourth-order valence-corrected chi connectivity index (χ4v) is 1.92. The van der Waals surface area contributed by atoms with Crippen molar-refractivity contribution in [3.63, 3.8) is 0 Å². The van der Waals surface area contributed by atoms with Gasteiger partial charge in [-0.15, -0.1) is 0 Å². The van der Waals surface area contributed by atoms with E-state index in [0.29, 0.717) is 5.92 Å². The maximum Gasteiger partial charge on any atom is 0.119 e. The molecule has 0 aliphatic carbocycles. The number of ether oxygens (including phenoxy) is 1. The van der Waals surface area contributed by atoms with Gasteiger partial charge < -0.3 is 4.74 Å². The van der Waals surface area contributed by atoms with Gasteiger partial charge in [0.05, 0.1) is 6.61 Å². The van der Waals surface area contributed by atoms with Gasteiger partial charge in [0.2, 0.25) is 0 Å². The predicted octanol–water partition coefficient (Wildman–Crippen LogP) is 5.23. The number of aryl methyl sites for hydroxylation is 1. The second kappa shape index (κ2) is 9.02. The smallest absolute Gasteiger partial charge is 0.119 e. The molecule has 0 radical (unpaired) electrons. The quantitative estimate of drug-likeness (QED) is 0.543. The van der Waals surface area contributed by atoms with Crippen LogP contribution in [0.15, 0.2) is 24.3 Å². The summed E-state index contributed by atoms with van der Waals surface area (Å²) in [5.41, 5.74) is 1.43. The summed E-state index contributed by atoms with van der Waals surface area (Å²) in [7, 11) is 0. The van der Waals surface area contributed by atoms with Crippen molar-refractivity contribution in [3.8, 4) is 5.75 Å². The molecule has 0 atom stereocenters. The zero-order valence-corrected chi connectivity index (χ0v) is 12.2. The first kappa shape index (κ1) is 15.1. The van der Waals surface area contributed by atoms with Crippen LogP contribution in [0.5, 0.6) is 5.75 Å². The van der Waals surface area contributed by atoms with Crippen molar-refractivity contribution < 1.29 is 4.74 Å². The molecular formula is C17H28O. The van der Waals surface area contributed by atoms with Crippen molar-refractivity contribution in [3.05, 3.63) is 29.8 Å². The fraction of sp³-hybridized carbons (Fsp3) is 0.647. The van der Waals surface area contributed by atoms with Crippen LogP contribution in [0.1, 0.15) is 58.4 Å². The van der Waals surface area contributed by atoms with E-state index < -0.39 is 0 Å². The van der Waals surface area contributed by atoms with Gasteiger partial charge in [0, 0.05) is 0 Å². The highest BCUT2D eigenvalue weighted by atomic mass is 16.5. The largest absolute Gasteiger partial charge is 0.494 e. The molecule has 0 aliphatic heterocycles. The van der Waals surface area contributed by atoms with Crippen LogP contribution in [0.3, 0.4) is 0 Å². The predicted molar refractivity (Wildman–Crippen MR) is 79.2 cm³/mol. The Morgan fingerprint density at radius 1 is 1.00 bits per heavy atom. The fourth-order valence-electron chi connectivity index (χ4n) is 1.92. The second-order valence-corrected chi connectivity index (χ2v) is 5.49. The molecule has 0 bridgehead atoms. The number of rotatable bonds is 9. The maximum atomic E-state index is 5.71. The van der Waals surface area contributed by atoms with Crippen molar-refractivity contribution in [1.29, 1.82) is 0 Å². The molecule has 1 nitrogen and oxygen atoms in total. The maximum absolute atomic E-state index is 5.71. The molecule has 0 aliphatic rings. The van der Waals surface area contributed by atoms with Crippen LogP contribution < -0.4 is 4.74 Å². The van der Waals surface area contributed by atoms with Gasteiger partial charge in [0.15, 0.2) is 0 Å². The summed E-state index contributed by atoms with van der Waals surface area (Å²) in [6.45, 7) is 7.53. The minimum atomic E-state index is 0.711. The zero-order chi connectivity index (χ0) is 13.2. The van der Waals surface area contributed by atoms with E-state index in [4.69, 9.17) is 4.74 Å². The lowest BCUT2D eigenvalue weighted by Crippen LogP contribution is -2.01. The van der Waals surface area contributed by atoms with E-state index in [1.165, 1.54) is 37.7 Å². The Balaban J connectivity index is 2.24. The van der Waals surface area contributed by atoms with Crippen LogP contribution in [-0.4, -0.2) is 6.61 Å². The summed E-state index contributed by atoms with van der Waals surface area (Å²) in [6, 6.07) is 8.62. The monoisotopic (exact) mass is 248 g/mol. The first-order valence-electron chi connectivity index (χ1n) is 7.44. The zero-order valence-electron chi connectivity index (χ0n) is 12.2. The Kier molecular flexibility index (Phi) is 7.55. The Morgan fingerprint density at radius 2 is 1.72 bits per heavy atom. The van der Waals surface area contributed by atoms with E-state index in [-0.39, 0.29) is 0 Å². The lowest BCUT2D eigenvalue weighted by Gasteiger charge is -2.08. The van der Waals surface area contributed by atoms with Crippen LogP contribution in [0.4, 0.5) is 0 Å². The van der Waals surface area contributed by atoms with Gasteiger partial charge in [-0.25, -0.2) is 0 Å². The normalized spacial score (nSPS) is 10.9. The third-order valence-corrected chi connectivity index (χ3v) is 3.21. The van der Waals surface area contributed by atoms with Crippen molar-refractivity contribution in [2.45, 2.75) is 59.3 Å².